The molecule has 5 rings (SSSR count). The molecule has 0 saturated carbocycles. The van der Waals surface area contributed by atoms with Gasteiger partial charge in [0.05, 0.1) is 17.9 Å². The molecule has 3 aromatic carbocycles. The zero-order valence-corrected chi connectivity index (χ0v) is 20.6. The van der Waals surface area contributed by atoms with Gasteiger partial charge in [0.2, 0.25) is 0 Å². The molecule has 2 heterocycles. The molecule has 0 saturated heterocycles. The third kappa shape index (κ3) is 4.91. The van der Waals surface area contributed by atoms with Gasteiger partial charge in [-0.2, -0.15) is 0 Å². The van der Waals surface area contributed by atoms with Gasteiger partial charge in [0.25, 0.3) is 0 Å². The van der Waals surface area contributed by atoms with E-state index in [4.69, 9.17) is 21.6 Å². The summed E-state index contributed by atoms with van der Waals surface area (Å²) >= 11 is 6.10. The molecule has 35 heavy (non-hydrogen) atoms. The number of carbonyl (C=O) groups excluding carboxylic acids is 1. The Labute approximate surface area is 210 Å². The van der Waals surface area contributed by atoms with E-state index in [-0.39, 0.29) is 6.03 Å². The lowest BCUT2D eigenvalue weighted by Crippen LogP contribution is -2.39. The van der Waals surface area contributed by atoms with Crippen molar-refractivity contribution in [2.75, 3.05) is 11.9 Å². The fourth-order valence-electron chi connectivity index (χ4n) is 4.45. The van der Waals surface area contributed by atoms with Gasteiger partial charge in [-0.25, -0.2) is 14.8 Å². The van der Waals surface area contributed by atoms with E-state index in [1.54, 1.807) is 0 Å². The van der Waals surface area contributed by atoms with Crippen molar-refractivity contribution in [1.82, 2.24) is 14.9 Å². The Hall–Kier alpha value is -3.70. The lowest BCUT2D eigenvalue weighted by Gasteiger charge is -2.30. The van der Waals surface area contributed by atoms with Crippen LogP contribution in [0, 0.1) is 6.92 Å². The molecule has 0 spiro atoms. The number of hydrogen-bond donors (Lipinski definition) is 1. The quantitative estimate of drug-likeness (QED) is 0.343. The van der Waals surface area contributed by atoms with Crippen LogP contribution < -0.4 is 5.32 Å². The number of amides is 2. The lowest BCUT2D eigenvalue weighted by atomic mass is 9.96. The second-order valence-corrected chi connectivity index (χ2v) is 9.23. The van der Waals surface area contributed by atoms with Crippen LogP contribution in [0.2, 0.25) is 5.02 Å². The normalized spacial score (nSPS) is 12.8. The van der Waals surface area contributed by atoms with Crippen molar-refractivity contribution in [2.24, 2.45) is 0 Å². The van der Waals surface area contributed by atoms with Crippen molar-refractivity contribution in [3.05, 3.63) is 100 Å². The molecule has 0 atom stereocenters. The van der Waals surface area contributed by atoms with Gasteiger partial charge in [0.1, 0.15) is 0 Å². The maximum absolute atomic E-state index is 13.2. The first-order valence-corrected chi connectivity index (χ1v) is 12.3. The van der Waals surface area contributed by atoms with Crippen LogP contribution in [0.3, 0.4) is 0 Å². The predicted octanol–water partition coefficient (Wildman–Crippen LogP) is 6.93. The molecule has 1 N–H and O–H groups in total. The first-order chi connectivity index (χ1) is 17.0. The van der Waals surface area contributed by atoms with E-state index in [0.29, 0.717) is 30.4 Å². The molecular weight excluding hydrogens is 456 g/mol. The molecule has 6 heteroatoms. The molecule has 0 aliphatic carbocycles. The van der Waals surface area contributed by atoms with Crippen LogP contribution >= 0.6 is 11.6 Å². The minimum absolute atomic E-state index is 0.110. The summed E-state index contributed by atoms with van der Waals surface area (Å²) in [5.74, 6) is 0.674. The van der Waals surface area contributed by atoms with Gasteiger partial charge in [-0.3, -0.25) is 0 Å². The smallest absolute Gasteiger partial charge is 0.320 e. The Kier molecular flexibility index (Phi) is 6.51. The Bertz CT molecular complexity index is 1380. The number of aromatic nitrogens is 2. The van der Waals surface area contributed by atoms with Crippen LogP contribution in [0.1, 0.15) is 29.3 Å². The van der Waals surface area contributed by atoms with E-state index >= 15 is 0 Å². The molecule has 176 valence electrons. The molecule has 0 unspecified atom stereocenters. The number of hydrogen-bond acceptors (Lipinski definition) is 3. The summed E-state index contributed by atoms with van der Waals surface area (Å²) in [7, 11) is 0. The molecule has 1 aromatic heterocycles. The summed E-state index contributed by atoms with van der Waals surface area (Å²) in [5, 5.41) is 3.74. The van der Waals surface area contributed by atoms with Crippen LogP contribution in [-0.2, 0) is 19.4 Å². The standard InChI is InChI=1S/C29H27ClN4O/c1-3-20-8-6-9-23(17-20)31-29(35)34-16-15-26-25(18-34)27(24-10-5-4-7-19(24)2)33-28(32-26)21-11-13-22(30)14-12-21/h4-14,17H,3,15-16,18H2,1-2H3,(H,31,35). The molecule has 0 bridgehead atoms. The van der Waals surface area contributed by atoms with E-state index < -0.39 is 0 Å². The number of halogens is 1. The van der Waals surface area contributed by atoms with Gasteiger partial charge in [0, 0.05) is 40.4 Å². The number of nitrogens with one attached hydrogen (secondary N) is 1. The third-order valence-electron chi connectivity index (χ3n) is 6.44. The number of anilines is 1. The molecule has 1 aliphatic rings. The summed E-state index contributed by atoms with van der Waals surface area (Å²) in [4.78, 5) is 24.9. The van der Waals surface area contributed by atoms with Crippen LogP contribution in [0.15, 0.2) is 72.8 Å². The largest absolute Gasteiger partial charge is 0.322 e. The number of nitrogens with zero attached hydrogens (tertiary/aromatic N) is 3. The van der Waals surface area contributed by atoms with Gasteiger partial charge in [-0.05, 0) is 60.9 Å². The third-order valence-corrected chi connectivity index (χ3v) is 6.69. The highest BCUT2D eigenvalue weighted by atomic mass is 35.5. The molecule has 4 aromatic rings. The second kappa shape index (κ2) is 9.88. The van der Waals surface area contributed by atoms with Crippen LogP contribution in [0.25, 0.3) is 22.6 Å². The highest BCUT2D eigenvalue weighted by Crippen LogP contribution is 2.33. The SMILES string of the molecule is CCc1cccc(NC(=O)N2CCc3nc(-c4ccc(Cl)cc4)nc(-c4ccccc4C)c3C2)c1. The van der Waals surface area contributed by atoms with Crippen molar-refractivity contribution in [3.8, 4) is 22.6 Å². The molecule has 0 radical (unpaired) electrons. The van der Waals surface area contributed by atoms with E-state index in [2.05, 4.69) is 37.4 Å². The van der Waals surface area contributed by atoms with Gasteiger partial charge in [-0.15, -0.1) is 0 Å². The lowest BCUT2D eigenvalue weighted by molar-refractivity contribution is 0.206. The fraction of sp³-hybridized carbons (Fsp3) is 0.207. The van der Waals surface area contributed by atoms with Gasteiger partial charge < -0.3 is 10.2 Å². The highest BCUT2D eigenvalue weighted by Gasteiger charge is 2.27. The first kappa shape index (κ1) is 23.1. The second-order valence-electron chi connectivity index (χ2n) is 8.80. The van der Waals surface area contributed by atoms with Crippen molar-refractivity contribution >= 4 is 23.3 Å². The van der Waals surface area contributed by atoms with Crippen molar-refractivity contribution < 1.29 is 4.79 Å². The minimum atomic E-state index is -0.110. The maximum Gasteiger partial charge on any atom is 0.322 e. The average Bonchev–Trinajstić information content (AvgIpc) is 2.88. The van der Waals surface area contributed by atoms with Gasteiger partial charge in [0.15, 0.2) is 5.82 Å². The monoisotopic (exact) mass is 482 g/mol. The molecule has 5 nitrogen and oxygen atoms in total. The molecule has 1 aliphatic heterocycles. The summed E-state index contributed by atoms with van der Waals surface area (Å²) in [6, 6.07) is 23.7. The Morgan fingerprint density at radius 2 is 1.83 bits per heavy atom. The molecular formula is C29H27ClN4O. The van der Waals surface area contributed by atoms with Crippen molar-refractivity contribution in [1.29, 1.82) is 0 Å². The maximum atomic E-state index is 13.2. The topological polar surface area (TPSA) is 58.1 Å². The van der Waals surface area contributed by atoms with Gasteiger partial charge >= 0.3 is 6.03 Å². The fourth-order valence-corrected chi connectivity index (χ4v) is 4.57. The van der Waals surface area contributed by atoms with Crippen LogP contribution in [0.5, 0.6) is 0 Å². The zero-order chi connectivity index (χ0) is 24.4. The van der Waals surface area contributed by atoms with Crippen molar-refractivity contribution in [3.63, 3.8) is 0 Å². The zero-order valence-electron chi connectivity index (χ0n) is 19.9. The number of aryl methyl sites for hydroxylation is 2. The minimum Gasteiger partial charge on any atom is -0.320 e. The van der Waals surface area contributed by atoms with Crippen LogP contribution in [-0.4, -0.2) is 27.4 Å². The number of carbonyl (C=O) groups is 1. The van der Waals surface area contributed by atoms with E-state index in [0.717, 1.165) is 45.7 Å². The van der Waals surface area contributed by atoms with E-state index in [1.165, 1.54) is 5.56 Å². The Morgan fingerprint density at radius 1 is 1.03 bits per heavy atom. The number of rotatable bonds is 4. The Morgan fingerprint density at radius 3 is 2.60 bits per heavy atom. The predicted molar refractivity (Wildman–Crippen MR) is 142 cm³/mol. The number of fused-ring (bicyclic) bond motifs is 1. The summed E-state index contributed by atoms with van der Waals surface area (Å²) in [6.45, 7) is 5.24. The van der Waals surface area contributed by atoms with E-state index in [1.807, 2.05) is 59.5 Å². The average molecular weight is 483 g/mol. The number of benzene rings is 3. The first-order valence-electron chi connectivity index (χ1n) is 11.9. The Balaban J connectivity index is 1.51. The van der Waals surface area contributed by atoms with Crippen molar-refractivity contribution in [2.45, 2.75) is 33.2 Å². The molecule has 2 amide bonds. The summed E-state index contributed by atoms with van der Waals surface area (Å²) in [6.07, 6.45) is 1.59. The summed E-state index contributed by atoms with van der Waals surface area (Å²) in [5.41, 5.74) is 7.98. The molecule has 0 fully saturated rings. The van der Waals surface area contributed by atoms with E-state index in [9.17, 15) is 4.79 Å². The van der Waals surface area contributed by atoms with Gasteiger partial charge in [-0.1, -0.05) is 54.9 Å². The van der Waals surface area contributed by atoms with Crippen LogP contribution in [0.4, 0.5) is 10.5 Å². The number of urea groups is 1. The highest BCUT2D eigenvalue weighted by molar-refractivity contribution is 6.30. The summed E-state index contributed by atoms with van der Waals surface area (Å²) < 4.78 is 0.